The summed E-state index contributed by atoms with van der Waals surface area (Å²) in [6, 6.07) is 10.4. The van der Waals surface area contributed by atoms with E-state index in [1.54, 1.807) is 36.5 Å². The zero-order chi connectivity index (χ0) is 15.8. The Kier molecular flexibility index (Phi) is 5.48. The smallest absolute Gasteiger partial charge is 0.253 e. The Hall–Kier alpha value is -2.89. The van der Waals surface area contributed by atoms with Crippen molar-refractivity contribution in [1.82, 2.24) is 10.3 Å². The molecular weight excluding hydrogens is 282 g/mol. The molecule has 6 heteroatoms. The van der Waals surface area contributed by atoms with Gasteiger partial charge in [0.1, 0.15) is 5.75 Å². The minimum atomic E-state index is -0.346. The molecule has 0 saturated heterocycles. The molecule has 0 aliphatic rings. The Morgan fingerprint density at radius 3 is 2.73 bits per heavy atom. The molecule has 0 aliphatic carbocycles. The van der Waals surface area contributed by atoms with Crippen LogP contribution in [0.15, 0.2) is 48.8 Å². The van der Waals surface area contributed by atoms with E-state index in [-0.39, 0.29) is 18.4 Å². The van der Waals surface area contributed by atoms with Crippen LogP contribution in [0.1, 0.15) is 17.3 Å². The number of benzene rings is 1. The highest BCUT2D eigenvalue weighted by Crippen LogP contribution is 2.23. The number of hydrogen-bond acceptors (Lipinski definition) is 4. The van der Waals surface area contributed by atoms with Crippen molar-refractivity contribution >= 4 is 17.5 Å². The van der Waals surface area contributed by atoms with E-state index < -0.39 is 0 Å². The van der Waals surface area contributed by atoms with E-state index >= 15 is 0 Å². The summed E-state index contributed by atoms with van der Waals surface area (Å²) < 4.78 is 5.42. The second-order valence-electron chi connectivity index (χ2n) is 4.40. The van der Waals surface area contributed by atoms with Gasteiger partial charge >= 0.3 is 0 Å². The maximum absolute atomic E-state index is 11.9. The van der Waals surface area contributed by atoms with Crippen LogP contribution in [0.2, 0.25) is 0 Å². The van der Waals surface area contributed by atoms with Gasteiger partial charge < -0.3 is 15.4 Å². The molecule has 6 nitrogen and oxygen atoms in total. The van der Waals surface area contributed by atoms with Gasteiger partial charge in [0, 0.05) is 12.4 Å². The summed E-state index contributed by atoms with van der Waals surface area (Å²) in [4.78, 5) is 27.6. The van der Waals surface area contributed by atoms with E-state index in [1.165, 1.54) is 6.20 Å². The number of carbonyl (C=O) groups is 2. The van der Waals surface area contributed by atoms with Crippen molar-refractivity contribution in [3.63, 3.8) is 0 Å². The molecule has 2 N–H and O–H groups in total. The van der Waals surface area contributed by atoms with Gasteiger partial charge in [-0.2, -0.15) is 0 Å². The molecule has 1 heterocycles. The van der Waals surface area contributed by atoms with Crippen LogP contribution < -0.4 is 15.4 Å². The molecule has 0 saturated carbocycles. The van der Waals surface area contributed by atoms with Gasteiger partial charge in [-0.15, -0.1) is 0 Å². The first-order chi connectivity index (χ1) is 10.7. The van der Waals surface area contributed by atoms with Crippen molar-refractivity contribution < 1.29 is 14.3 Å². The van der Waals surface area contributed by atoms with Crippen LogP contribution in [0.25, 0.3) is 0 Å². The molecule has 0 bridgehead atoms. The monoisotopic (exact) mass is 299 g/mol. The number of carbonyl (C=O) groups excluding carboxylic acids is 2. The van der Waals surface area contributed by atoms with Crippen LogP contribution in [0.4, 0.5) is 5.69 Å². The van der Waals surface area contributed by atoms with Crippen LogP contribution in [-0.4, -0.2) is 29.9 Å². The molecule has 0 radical (unpaired) electrons. The number of pyridine rings is 1. The van der Waals surface area contributed by atoms with Crippen molar-refractivity contribution in [2.24, 2.45) is 0 Å². The minimum absolute atomic E-state index is 0.131. The largest absolute Gasteiger partial charge is 0.492 e. The summed E-state index contributed by atoms with van der Waals surface area (Å²) in [5, 5.41) is 5.25. The van der Waals surface area contributed by atoms with Crippen LogP contribution >= 0.6 is 0 Å². The number of anilines is 1. The second-order valence-corrected chi connectivity index (χ2v) is 4.40. The maximum Gasteiger partial charge on any atom is 0.253 e. The molecule has 2 rings (SSSR count). The first kappa shape index (κ1) is 15.5. The van der Waals surface area contributed by atoms with Gasteiger partial charge in [0.25, 0.3) is 5.91 Å². The molecule has 0 spiro atoms. The fourth-order valence-corrected chi connectivity index (χ4v) is 1.81. The van der Waals surface area contributed by atoms with Crippen LogP contribution in [0.5, 0.6) is 5.75 Å². The van der Waals surface area contributed by atoms with Crippen molar-refractivity contribution in [3.05, 3.63) is 54.4 Å². The number of nitrogens with one attached hydrogen (secondary N) is 2. The quantitative estimate of drug-likeness (QED) is 0.853. The fourth-order valence-electron chi connectivity index (χ4n) is 1.81. The molecule has 2 aromatic rings. The summed E-state index contributed by atoms with van der Waals surface area (Å²) in [5.41, 5.74) is 0.981. The molecule has 22 heavy (non-hydrogen) atoms. The van der Waals surface area contributed by atoms with Gasteiger partial charge in [0.15, 0.2) is 0 Å². The van der Waals surface area contributed by atoms with E-state index in [4.69, 9.17) is 4.74 Å². The zero-order valence-electron chi connectivity index (χ0n) is 12.2. The first-order valence-electron chi connectivity index (χ1n) is 6.90. The lowest BCUT2D eigenvalue weighted by Gasteiger charge is -2.11. The third-order valence-electron chi connectivity index (χ3n) is 2.79. The summed E-state index contributed by atoms with van der Waals surface area (Å²) >= 11 is 0. The fraction of sp³-hybridized carbons (Fsp3) is 0.188. The van der Waals surface area contributed by atoms with Crippen molar-refractivity contribution in [2.45, 2.75) is 6.92 Å². The predicted octanol–water partition coefficient (Wildman–Crippen LogP) is 1.85. The van der Waals surface area contributed by atoms with Crippen molar-refractivity contribution in [1.29, 1.82) is 0 Å². The Labute approximate surface area is 128 Å². The SMILES string of the molecule is CCOc1ccccc1NC(=O)CNC(=O)c1cccnc1. The highest BCUT2D eigenvalue weighted by Gasteiger charge is 2.10. The Morgan fingerprint density at radius 1 is 1.18 bits per heavy atom. The molecule has 0 atom stereocenters. The predicted molar refractivity (Wildman–Crippen MR) is 82.8 cm³/mol. The van der Waals surface area contributed by atoms with Gasteiger partial charge in [-0.05, 0) is 31.2 Å². The van der Waals surface area contributed by atoms with Crippen LogP contribution in [0, 0.1) is 0 Å². The molecular formula is C16H17N3O3. The van der Waals surface area contributed by atoms with Gasteiger partial charge in [-0.3, -0.25) is 14.6 Å². The molecule has 2 amide bonds. The van der Waals surface area contributed by atoms with E-state index in [9.17, 15) is 9.59 Å². The topological polar surface area (TPSA) is 80.3 Å². The Balaban J connectivity index is 1.90. The average molecular weight is 299 g/mol. The van der Waals surface area contributed by atoms with E-state index in [0.717, 1.165) is 0 Å². The number of amides is 2. The summed E-state index contributed by atoms with van der Waals surface area (Å²) in [6.07, 6.45) is 3.02. The lowest BCUT2D eigenvalue weighted by molar-refractivity contribution is -0.115. The number of ether oxygens (including phenoxy) is 1. The Morgan fingerprint density at radius 2 is 2.00 bits per heavy atom. The van der Waals surface area contributed by atoms with Gasteiger partial charge in [-0.1, -0.05) is 12.1 Å². The average Bonchev–Trinajstić information content (AvgIpc) is 2.55. The minimum Gasteiger partial charge on any atom is -0.492 e. The number of para-hydroxylation sites is 2. The second kappa shape index (κ2) is 7.78. The van der Waals surface area contributed by atoms with Gasteiger partial charge in [0.2, 0.25) is 5.91 Å². The molecule has 1 aromatic carbocycles. The lowest BCUT2D eigenvalue weighted by atomic mass is 10.2. The molecule has 0 aliphatic heterocycles. The maximum atomic E-state index is 11.9. The summed E-state index contributed by atoms with van der Waals surface area (Å²) in [5.74, 6) is -0.0809. The van der Waals surface area contributed by atoms with Crippen molar-refractivity contribution in [2.75, 3.05) is 18.5 Å². The number of hydrogen-bond donors (Lipinski definition) is 2. The van der Waals surface area contributed by atoms with E-state index in [1.807, 2.05) is 13.0 Å². The lowest BCUT2D eigenvalue weighted by Crippen LogP contribution is -2.33. The molecule has 1 aromatic heterocycles. The first-order valence-corrected chi connectivity index (χ1v) is 6.90. The summed E-state index contributed by atoms with van der Waals surface area (Å²) in [6.45, 7) is 2.24. The highest BCUT2D eigenvalue weighted by atomic mass is 16.5. The zero-order valence-corrected chi connectivity index (χ0v) is 12.2. The Bertz CT molecular complexity index is 644. The standard InChI is InChI=1S/C16H17N3O3/c1-2-22-14-8-4-3-7-13(14)19-15(20)11-18-16(21)12-6-5-9-17-10-12/h3-10H,2,11H2,1H3,(H,18,21)(H,19,20). The van der Waals surface area contributed by atoms with Crippen molar-refractivity contribution in [3.8, 4) is 5.75 Å². The molecule has 0 fully saturated rings. The third kappa shape index (κ3) is 4.31. The normalized spacial score (nSPS) is 9.86. The van der Waals surface area contributed by atoms with E-state index in [0.29, 0.717) is 23.6 Å². The number of aromatic nitrogens is 1. The molecule has 0 unspecified atom stereocenters. The number of rotatable bonds is 6. The van der Waals surface area contributed by atoms with Gasteiger partial charge in [-0.25, -0.2) is 0 Å². The van der Waals surface area contributed by atoms with E-state index in [2.05, 4.69) is 15.6 Å². The third-order valence-corrected chi connectivity index (χ3v) is 2.79. The summed E-state index contributed by atoms with van der Waals surface area (Å²) in [7, 11) is 0. The highest BCUT2D eigenvalue weighted by molar-refractivity contribution is 5.99. The van der Waals surface area contributed by atoms with Gasteiger partial charge in [0.05, 0.1) is 24.4 Å². The van der Waals surface area contributed by atoms with Crippen LogP contribution in [-0.2, 0) is 4.79 Å². The molecule has 114 valence electrons. The van der Waals surface area contributed by atoms with Crippen LogP contribution in [0.3, 0.4) is 0 Å². The number of nitrogens with zero attached hydrogens (tertiary/aromatic N) is 1.